The number of fused-ring (bicyclic) bond motifs is 1. The number of unbranched alkanes of at least 4 members (excludes halogenated alkanes) is 8. The van der Waals surface area contributed by atoms with Crippen molar-refractivity contribution in [2.75, 3.05) is 7.11 Å². The number of hydrogen-bond donors (Lipinski definition) is 2. The van der Waals surface area contributed by atoms with Crippen molar-refractivity contribution in [3.05, 3.63) is 36.0 Å². The Morgan fingerprint density at radius 2 is 1.66 bits per heavy atom. The third-order valence-electron chi connectivity index (χ3n) is 5.43. The van der Waals surface area contributed by atoms with Gasteiger partial charge in [0.1, 0.15) is 6.04 Å². The molecule has 29 heavy (non-hydrogen) atoms. The van der Waals surface area contributed by atoms with Crippen LogP contribution in [0.1, 0.15) is 76.7 Å². The van der Waals surface area contributed by atoms with Crippen molar-refractivity contribution < 1.29 is 14.3 Å². The van der Waals surface area contributed by atoms with Crippen molar-refractivity contribution in [1.29, 1.82) is 0 Å². The number of hydrogen-bond acceptors (Lipinski definition) is 3. The Labute approximate surface area is 174 Å². The standard InChI is InChI=1S/C24H36N2O3/c1-3-4-5-6-7-8-9-10-11-16-23(27)26-22(24(28)29-2)17-19-18-25-21-15-13-12-14-20(19)21/h12-15,18,22,25H,3-11,16-17H2,1-2H3,(H,26,27)/t22-/m0/s1. The molecule has 0 bridgehead atoms. The Morgan fingerprint density at radius 1 is 1.00 bits per heavy atom. The fraction of sp³-hybridized carbons (Fsp3) is 0.583. The van der Waals surface area contributed by atoms with Crippen LogP contribution in [0, 0.1) is 0 Å². The highest BCUT2D eigenvalue weighted by Crippen LogP contribution is 2.19. The molecule has 0 aliphatic rings. The lowest BCUT2D eigenvalue weighted by Crippen LogP contribution is -2.42. The molecule has 1 amide bonds. The number of amides is 1. The maximum absolute atomic E-state index is 12.3. The lowest BCUT2D eigenvalue weighted by atomic mass is 10.0. The third kappa shape index (κ3) is 7.92. The Morgan fingerprint density at radius 3 is 2.34 bits per heavy atom. The number of nitrogens with one attached hydrogen (secondary N) is 2. The van der Waals surface area contributed by atoms with E-state index in [0.29, 0.717) is 12.8 Å². The number of aromatic nitrogens is 1. The summed E-state index contributed by atoms with van der Waals surface area (Å²) in [6, 6.07) is 7.28. The van der Waals surface area contributed by atoms with Gasteiger partial charge >= 0.3 is 5.97 Å². The van der Waals surface area contributed by atoms with Crippen molar-refractivity contribution in [2.24, 2.45) is 0 Å². The number of benzene rings is 1. The maximum Gasteiger partial charge on any atom is 0.328 e. The van der Waals surface area contributed by atoms with E-state index in [0.717, 1.165) is 29.3 Å². The van der Waals surface area contributed by atoms with Gasteiger partial charge in [0, 0.05) is 29.9 Å². The van der Waals surface area contributed by atoms with Gasteiger partial charge in [-0.15, -0.1) is 0 Å². The first-order chi connectivity index (χ1) is 14.2. The molecule has 0 radical (unpaired) electrons. The number of esters is 1. The van der Waals surface area contributed by atoms with E-state index < -0.39 is 12.0 Å². The van der Waals surface area contributed by atoms with Gasteiger partial charge in [-0.3, -0.25) is 4.79 Å². The predicted octanol–water partition coefficient (Wildman–Crippen LogP) is 5.29. The highest BCUT2D eigenvalue weighted by Gasteiger charge is 2.23. The molecule has 0 unspecified atom stereocenters. The zero-order valence-corrected chi connectivity index (χ0v) is 18.0. The Bertz CT molecular complexity index is 753. The van der Waals surface area contributed by atoms with Gasteiger partial charge in [-0.1, -0.05) is 76.5 Å². The van der Waals surface area contributed by atoms with Gasteiger partial charge in [0.2, 0.25) is 5.91 Å². The number of para-hydroxylation sites is 1. The van der Waals surface area contributed by atoms with Gasteiger partial charge in [-0.25, -0.2) is 4.79 Å². The molecule has 2 N–H and O–H groups in total. The SMILES string of the molecule is CCCCCCCCCCCC(=O)N[C@@H](Cc1c[nH]c2ccccc12)C(=O)OC. The number of carbonyl (C=O) groups is 2. The summed E-state index contributed by atoms with van der Waals surface area (Å²) in [5, 5.41) is 3.93. The normalized spacial score (nSPS) is 12.1. The molecular formula is C24H36N2O3. The molecule has 0 saturated heterocycles. The molecule has 1 atom stereocenters. The van der Waals surface area contributed by atoms with Crippen molar-refractivity contribution in [1.82, 2.24) is 10.3 Å². The second-order valence-corrected chi connectivity index (χ2v) is 7.79. The number of ether oxygens (including phenoxy) is 1. The van der Waals surface area contributed by atoms with Crippen LogP contribution in [-0.4, -0.2) is 30.0 Å². The molecule has 160 valence electrons. The molecular weight excluding hydrogens is 364 g/mol. The molecule has 0 aliphatic carbocycles. The first-order valence-corrected chi connectivity index (χ1v) is 11.1. The molecule has 0 spiro atoms. The fourth-order valence-corrected chi connectivity index (χ4v) is 3.72. The average Bonchev–Trinajstić information content (AvgIpc) is 3.14. The molecule has 1 heterocycles. The lowest BCUT2D eigenvalue weighted by molar-refractivity contribution is -0.145. The first kappa shape index (κ1) is 23.0. The van der Waals surface area contributed by atoms with Crippen LogP contribution in [0.2, 0.25) is 0 Å². The zero-order chi connectivity index (χ0) is 20.9. The quantitative estimate of drug-likeness (QED) is 0.334. The second-order valence-electron chi connectivity index (χ2n) is 7.79. The Balaban J connectivity index is 1.74. The lowest BCUT2D eigenvalue weighted by Gasteiger charge is -2.16. The van der Waals surface area contributed by atoms with E-state index in [9.17, 15) is 9.59 Å². The number of carbonyl (C=O) groups excluding carboxylic acids is 2. The van der Waals surface area contributed by atoms with Crippen LogP contribution < -0.4 is 5.32 Å². The maximum atomic E-state index is 12.3. The number of aromatic amines is 1. The molecule has 1 aromatic heterocycles. The first-order valence-electron chi connectivity index (χ1n) is 11.1. The molecule has 0 fully saturated rings. The highest BCUT2D eigenvalue weighted by atomic mass is 16.5. The summed E-state index contributed by atoms with van der Waals surface area (Å²) in [7, 11) is 1.36. The molecule has 2 rings (SSSR count). The van der Waals surface area contributed by atoms with Crippen LogP contribution in [0.4, 0.5) is 0 Å². The van der Waals surface area contributed by atoms with E-state index in [4.69, 9.17) is 4.74 Å². The molecule has 0 aliphatic heterocycles. The van der Waals surface area contributed by atoms with E-state index in [1.807, 2.05) is 30.5 Å². The van der Waals surface area contributed by atoms with Gasteiger partial charge in [0.05, 0.1) is 7.11 Å². The van der Waals surface area contributed by atoms with Crippen molar-refractivity contribution in [2.45, 2.75) is 83.6 Å². The van der Waals surface area contributed by atoms with E-state index in [1.165, 1.54) is 52.1 Å². The summed E-state index contributed by atoms with van der Waals surface area (Å²) in [6.45, 7) is 2.23. The topological polar surface area (TPSA) is 71.2 Å². The number of methoxy groups -OCH3 is 1. The van der Waals surface area contributed by atoms with E-state index in [-0.39, 0.29) is 5.91 Å². The summed E-state index contributed by atoms with van der Waals surface area (Å²) in [5.41, 5.74) is 2.02. The zero-order valence-electron chi connectivity index (χ0n) is 18.0. The monoisotopic (exact) mass is 400 g/mol. The van der Waals surface area contributed by atoms with Crippen molar-refractivity contribution >= 4 is 22.8 Å². The fourth-order valence-electron chi connectivity index (χ4n) is 3.72. The summed E-state index contributed by atoms with van der Waals surface area (Å²) in [4.78, 5) is 27.7. The smallest absolute Gasteiger partial charge is 0.328 e. The molecule has 5 heteroatoms. The highest BCUT2D eigenvalue weighted by molar-refractivity contribution is 5.87. The van der Waals surface area contributed by atoms with Crippen molar-refractivity contribution in [3.63, 3.8) is 0 Å². The Kier molecular flexibility index (Phi) is 10.3. The molecule has 2 aromatic rings. The van der Waals surface area contributed by atoms with Crippen LogP contribution in [0.3, 0.4) is 0 Å². The number of rotatable bonds is 14. The van der Waals surface area contributed by atoms with Crippen LogP contribution in [-0.2, 0) is 20.7 Å². The second kappa shape index (κ2) is 13.0. The van der Waals surface area contributed by atoms with Crippen LogP contribution in [0.5, 0.6) is 0 Å². The van der Waals surface area contributed by atoms with Crippen molar-refractivity contribution in [3.8, 4) is 0 Å². The van der Waals surface area contributed by atoms with Gasteiger partial charge in [-0.05, 0) is 18.1 Å². The molecule has 1 aromatic carbocycles. The summed E-state index contributed by atoms with van der Waals surface area (Å²) >= 11 is 0. The van der Waals surface area contributed by atoms with Crippen LogP contribution >= 0.6 is 0 Å². The summed E-state index contributed by atoms with van der Waals surface area (Å²) < 4.78 is 4.91. The number of H-pyrrole nitrogens is 1. The van der Waals surface area contributed by atoms with Gasteiger partial charge in [-0.2, -0.15) is 0 Å². The Hall–Kier alpha value is -2.30. The summed E-state index contributed by atoms with van der Waals surface area (Å²) in [5.74, 6) is -0.487. The largest absolute Gasteiger partial charge is 0.467 e. The summed E-state index contributed by atoms with van der Waals surface area (Å²) in [6.07, 6.45) is 13.7. The minimum atomic E-state index is -0.662. The predicted molar refractivity (Wildman–Crippen MR) is 118 cm³/mol. The minimum absolute atomic E-state index is 0.0804. The van der Waals surface area contributed by atoms with Crippen LogP contribution in [0.15, 0.2) is 30.5 Å². The molecule has 0 saturated carbocycles. The average molecular weight is 401 g/mol. The van der Waals surface area contributed by atoms with E-state index in [2.05, 4.69) is 17.2 Å². The van der Waals surface area contributed by atoms with E-state index in [1.54, 1.807) is 0 Å². The molecule has 5 nitrogen and oxygen atoms in total. The minimum Gasteiger partial charge on any atom is -0.467 e. The van der Waals surface area contributed by atoms with Gasteiger partial charge in [0.15, 0.2) is 0 Å². The van der Waals surface area contributed by atoms with Crippen LogP contribution in [0.25, 0.3) is 10.9 Å². The van der Waals surface area contributed by atoms with Gasteiger partial charge in [0.25, 0.3) is 0 Å². The third-order valence-corrected chi connectivity index (χ3v) is 5.43. The van der Waals surface area contributed by atoms with E-state index >= 15 is 0 Å². The van der Waals surface area contributed by atoms with Gasteiger partial charge < -0.3 is 15.0 Å².